The van der Waals surface area contributed by atoms with Gasteiger partial charge in [-0.3, -0.25) is 0 Å². The molecule has 0 aromatic heterocycles. The predicted octanol–water partition coefficient (Wildman–Crippen LogP) is 11.2. The molecule has 0 aliphatic heterocycles. The summed E-state index contributed by atoms with van der Waals surface area (Å²) in [6.07, 6.45) is 0. The van der Waals surface area contributed by atoms with Crippen molar-refractivity contribution in [2.24, 2.45) is 0 Å². The monoisotopic (exact) mass is 563 g/mol. The van der Waals surface area contributed by atoms with Gasteiger partial charge in [0.15, 0.2) is 0 Å². The van der Waals surface area contributed by atoms with Gasteiger partial charge in [0.05, 0.1) is 28.5 Å². The topological polar surface area (TPSA) is 0 Å². The maximum atomic E-state index is 2.47. The van der Waals surface area contributed by atoms with Crippen LogP contribution in [0, 0.1) is 5.92 Å². The molecule has 0 heterocycles. The van der Waals surface area contributed by atoms with Crippen molar-refractivity contribution in [3.8, 4) is 0 Å². The quantitative estimate of drug-likeness (QED) is 0.127. The van der Waals surface area contributed by atoms with Crippen LogP contribution in [0.1, 0.15) is 61.9 Å². The van der Waals surface area contributed by atoms with Gasteiger partial charge in [-0.25, -0.2) is 0 Å². The van der Waals surface area contributed by atoms with Crippen LogP contribution in [-0.2, 0) is 0 Å². The molecule has 0 unspecified atom stereocenters. The smallest absolute Gasteiger partial charge is 0.0613 e. The molecule has 9 aromatic rings. The largest absolute Gasteiger partial charge is 0.0703 e. The highest BCUT2D eigenvalue weighted by atomic mass is 14.4. The Bertz CT molecular complexity index is 2780. The van der Waals surface area contributed by atoms with E-state index in [4.69, 9.17) is 0 Å². The Hall–Kier alpha value is -5.59. The van der Waals surface area contributed by atoms with E-state index in [9.17, 15) is 0 Å². The van der Waals surface area contributed by atoms with Crippen LogP contribution in [-0.4, -0.2) is 0 Å². The van der Waals surface area contributed by atoms with Gasteiger partial charge in [0.1, 0.15) is 0 Å². The molecule has 0 radical (unpaired) electrons. The third-order valence-corrected chi connectivity index (χ3v) is 11.8. The van der Waals surface area contributed by atoms with E-state index >= 15 is 0 Å². The molecule has 0 nitrogen and oxygen atoms in total. The fourth-order valence-electron chi connectivity index (χ4n) is 10.5. The maximum Gasteiger partial charge on any atom is 0.0703 e. The van der Waals surface area contributed by atoms with Crippen LogP contribution in [0.4, 0.5) is 0 Å². The van der Waals surface area contributed by atoms with Gasteiger partial charge in [-0.15, -0.1) is 0 Å². The van der Waals surface area contributed by atoms with Crippen molar-refractivity contribution in [1.82, 2.24) is 0 Å². The third kappa shape index (κ3) is 2.25. The van der Waals surface area contributed by atoms with E-state index < -0.39 is 0 Å². The SMILES string of the molecule is c1cc2c3c4c5c(cccc5cc3c1)C1c3cccc5cc6cccc7c6c(c35)[C+]4c3cccc4cc5cccc(c5c1c34)C27. The number of hydrogen-bond donors (Lipinski definition) is 0. The molecule has 0 heteroatoms. The average Bonchev–Trinajstić information content (AvgIpc) is 3.05. The Balaban J connectivity index is 1.53. The summed E-state index contributed by atoms with van der Waals surface area (Å²) in [7, 11) is 0. The minimum atomic E-state index is 0.108. The third-order valence-electron chi connectivity index (χ3n) is 11.8. The van der Waals surface area contributed by atoms with Gasteiger partial charge < -0.3 is 0 Å². The molecule has 0 saturated heterocycles. The van der Waals surface area contributed by atoms with E-state index in [0.717, 1.165) is 0 Å². The summed E-state index contributed by atoms with van der Waals surface area (Å²) in [5.74, 6) is 1.65. The molecule has 45 heavy (non-hydrogen) atoms. The molecule has 0 amide bonds. The highest BCUT2D eigenvalue weighted by Gasteiger charge is 2.46. The summed E-state index contributed by atoms with van der Waals surface area (Å²) < 4.78 is 0. The van der Waals surface area contributed by atoms with Gasteiger partial charge in [0, 0.05) is 65.3 Å². The maximum absolute atomic E-state index is 2.47. The average molecular weight is 564 g/mol. The first-order valence-electron chi connectivity index (χ1n) is 16.2. The highest BCUT2D eigenvalue weighted by molar-refractivity contribution is 6.20. The Labute approximate surface area is 259 Å². The minimum absolute atomic E-state index is 0.108. The van der Waals surface area contributed by atoms with Gasteiger partial charge in [0.25, 0.3) is 0 Å². The predicted molar refractivity (Wildman–Crippen MR) is 187 cm³/mol. The van der Waals surface area contributed by atoms with Gasteiger partial charge in [0.2, 0.25) is 0 Å². The zero-order valence-corrected chi connectivity index (χ0v) is 24.3. The van der Waals surface area contributed by atoms with E-state index in [1.807, 2.05) is 0 Å². The number of rotatable bonds is 0. The molecule has 9 aromatic carbocycles. The van der Waals surface area contributed by atoms with Gasteiger partial charge in [-0.1, -0.05) is 66.7 Å². The fourth-order valence-corrected chi connectivity index (χ4v) is 10.5. The molecule has 0 atom stereocenters. The van der Waals surface area contributed by atoms with Crippen molar-refractivity contribution in [2.45, 2.75) is 11.8 Å². The molecule has 0 fully saturated rings. The van der Waals surface area contributed by atoms with Gasteiger partial charge in [-0.2, -0.15) is 0 Å². The van der Waals surface area contributed by atoms with Crippen LogP contribution in [0.2, 0.25) is 0 Å². The standard InChI is InChI=1S/C45H23/c1-7-22-19-27-12-6-18-33-39(27)43-34(22)28(13-1)40-29-14-2-8-23-20-25-10-4-16-31-37(25)44(35(23)29)42(33)45-36-24(9-3-15-30(36)40)21-26-11-5-17-32(38(26)45)41(31)43/h1-21,40-41H/q+1. The second kappa shape index (κ2) is 7.04. The Morgan fingerprint density at radius 3 is 1.16 bits per heavy atom. The molecule has 202 valence electrons. The summed E-state index contributed by atoms with van der Waals surface area (Å²) in [5.41, 5.74) is 13.0. The van der Waals surface area contributed by atoms with Crippen LogP contribution in [0.5, 0.6) is 0 Å². The second-order valence-electron chi connectivity index (χ2n) is 13.7. The molecular formula is C45H23+. The lowest BCUT2D eigenvalue weighted by molar-refractivity contribution is 0.967. The van der Waals surface area contributed by atoms with E-state index in [2.05, 4.69) is 127 Å². The lowest BCUT2D eigenvalue weighted by atomic mass is 9.61. The summed E-state index contributed by atoms with van der Waals surface area (Å²) >= 11 is 0. The van der Waals surface area contributed by atoms with Crippen molar-refractivity contribution in [1.29, 1.82) is 0 Å². The van der Waals surface area contributed by atoms with Crippen LogP contribution in [0.3, 0.4) is 0 Å². The Kier molecular flexibility index (Phi) is 3.44. The van der Waals surface area contributed by atoms with Crippen molar-refractivity contribution in [3.05, 3.63) is 183 Å². The Morgan fingerprint density at radius 2 is 0.689 bits per heavy atom. The van der Waals surface area contributed by atoms with E-state index in [-0.39, 0.29) is 11.8 Å². The van der Waals surface area contributed by atoms with Crippen LogP contribution < -0.4 is 0 Å². The van der Waals surface area contributed by atoms with E-state index in [1.54, 1.807) is 0 Å². The zero-order valence-electron chi connectivity index (χ0n) is 24.3. The summed E-state index contributed by atoms with van der Waals surface area (Å²) in [5, 5.41) is 16.7. The minimum Gasteiger partial charge on any atom is -0.0613 e. The van der Waals surface area contributed by atoms with Crippen LogP contribution in [0.15, 0.2) is 127 Å². The lowest BCUT2D eigenvalue weighted by Gasteiger charge is -2.38. The second-order valence-corrected chi connectivity index (χ2v) is 13.7. The fraction of sp³-hybridized carbons (Fsp3) is 0.0444. The van der Waals surface area contributed by atoms with Crippen molar-refractivity contribution in [2.75, 3.05) is 0 Å². The molecular weight excluding hydrogens is 540 g/mol. The molecule has 0 saturated carbocycles. The summed E-state index contributed by atoms with van der Waals surface area (Å²) in [6, 6.07) is 50.1. The van der Waals surface area contributed by atoms with E-state index in [0.29, 0.717) is 0 Å². The molecule has 0 N–H and O–H groups in total. The van der Waals surface area contributed by atoms with Gasteiger partial charge in [-0.05, 0) is 99.3 Å². The molecule has 8 aliphatic rings. The van der Waals surface area contributed by atoms with Crippen LogP contribution in [0.25, 0.3) is 64.6 Å². The number of benzene rings is 9. The lowest BCUT2D eigenvalue weighted by Crippen LogP contribution is -2.23. The first-order chi connectivity index (χ1) is 22.3. The first kappa shape index (κ1) is 22.0. The normalized spacial score (nSPS) is 17.7. The summed E-state index contributed by atoms with van der Waals surface area (Å²) in [6.45, 7) is 0. The molecule has 17 rings (SSSR count). The molecule has 8 aliphatic carbocycles. The highest BCUT2D eigenvalue weighted by Crippen LogP contribution is 2.62. The van der Waals surface area contributed by atoms with Crippen molar-refractivity contribution < 1.29 is 0 Å². The van der Waals surface area contributed by atoms with Gasteiger partial charge >= 0.3 is 0 Å². The van der Waals surface area contributed by atoms with E-state index in [1.165, 1.54) is 121 Å². The molecule has 12 bridgehead atoms. The summed E-state index contributed by atoms with van der Waals surface area (Å²) in [4.78, 5) is 0. The van der Waals surface area contributed by atoms with Crippen LogP contribution >= 0.6 is 0 Å². The van der Waals surface area contributed by atoms with Crippen molar-refractivity contribution in [3.63, 3.8) is 0 Å². The number of hydrogen-bond acceptors (Lipinski definition) is 0. The van der Waals surface area contributed by atoms with Crippen molar-refractivity contribution >= 4 is 64.6 Å². The molecule has 0 spiro atoms. The first-order valence-corrected chi connectivity index (χ1v) is 16.2. The Morgan fingerprint density at radius 1 is 0.333 bits per heavy atom. The zero-order chi connectivity index (χ0) is 28.7.